The molecule has 1 rings (SSSR count). The molecule has 1 aliphatic carbocycles. The van der Waals surface area contributed by atoms with Crippen LogP contribution < -0.4 is 10.6 Å². The maximum atomic E-state index is 12.3. The standard InChI is InChI=1S/C19H36N2O4Si/c1-13(20-17(23)24-18(2,3)4)16(22)21-14-10-11-15(12-14)25-26(8,9)19(5,6)7/h10-11,13-15H,12H2,1-9H3,(H,20,23)(H,21,22)/t13-,14+,15-/m1/s1. The first-order valence-electron chi connectivity index (χ1n) is 9.27. The molecule has 0 aromatic heterocycles. The zero-order valence-electron chi connectivity index (χ0n) is 17.7. The molecule has 2 amide bonds. The molecular weight excluding hydrogens is 348 g/mol. The monoisotopic (exact) mass is 384 g/mol. The summed E-state index contributed by atoms with van der Waals surface area (Å²) in [4.78, 5) is 24.1. The van der Waals surface area contributed by atoms with Crippen molar-refractivity contribution in [2.75, 3.05) is 0 Å². The van der Waals surface area contributed by atoms with E-state index in [1.54, 1.807) is 27.7 Å². The van der Waals surface area contributed by atoms with Crippen LogP contribution in [0.3, 0.4) is 0 Å². The molecule has 0 saturated carbocycles. The van der Waals surface area contributed by atoms with E-state index in [0.717, 1.165) is 6.42 Å². The summed E-state index contributed by atoms with van der Waals surface area (Å²) in [5.74, 6) is -0.238. The van der Waals surface area contributed by atoms with Crippen LogP contribution in [-0.2, 0) is 14.0 Å². The first-order chi connectivity index (χ1) is 11.6. The lowest BCUT2D eigenvalue weighted by Gasteiger charge is -2.38. The molecule has 0 aliphatic heterocycles. The van der Waals surface area contributed by atoms with E-state index in [9.17, 15) is 9.59 Å². The Bertz CT molecular complexity index is 547. The van der Waals surface area contributed by atoms with Gasteiger partial charge in [0.25, 0.3) is 0 Å². The van der Waals surface area contributed by atoms with Crippen molar-refractivity contribution in [1.29, 1.82) is 0 Å². The second-order valence-corrected chi connectivity index (χ2v) is 14.3. The predicted octanol–water partition coefficient (Wildman–Crippen LogP) is 3.73. The second kappa shape index (κ2) is 8.13. The Morgan fingerprint density at radius 3 is 2.19 bits per heavy atom. The summed E-state index contributed by atoms with van der Waals surface area (Å²) >= 11 is 0. The molecule has 0 heterocycles. The molecule has 0 bridgehead atoms. The summed E-state index contributed by atoms with van der Waals surface area (Å²) in [6.07, 6.45) is 4.14. The Morgan fingerprint density at radius 1 is 1.12 bits per heavy atom. The fourth-order valence-corrected chi connectivity index (χ4v) is 3.56. The highest BCUT2D eigenvalue weighted by Gasteiger charge is 2.40. The second-order valence-electron chi connectivity index (χ2n) is 9.52. The van der Waals surface area contributed by atoms with Crippen molar-refractivity contribution in [3.8, 4) is 0 Å². The first-order valence-corrected chi connectivity index (χ1v) is 12.2. The van der Waals surface area contributed by atoms with Crippen LogP contribution in [0.25, 0.3) is 0 Å². The lowest BCUT2D eigenvalue weighted by Crippen LogP contribution is -2.49. The third kappa shape index (κ3) is 7.11. The number of carbonyl (C=O) groups excluding carboxylic acids is 2. The highest BCUT2D eigenvalue weighted by atomic mass is 28.4. The molecule has 26 heavy (non-hydrogen) atoms. The maximum Gasteiger partial charge on any atom is 0.408 e. The van der Waals surface area contributed by atoms with Crippen LogP contribution >= 0.6 is 0 Å². The molecule has 7 heteroatoms. The van der Waals surface area contributed by atoms with Crippen molar-refractivity contribution in [1.82, 2.24) is 10.6 Å². The van der Waals surface area contributed by atoms with Crippen molar-refractivity contribution < 1.29 is 18.8 Å². The van der Waals surface area contributed by atoms with Crippen molar-refractivity contribution in [3.05, 3.63) is 12.2 Å². The highest BCUT2D eigenvalue weighted by molar-refractivity contribution is 6.74. The van der Waals surface area contributed by atoms with Gasteiger partial charge < -0.3 is 19.8 Å². The number of carbonyl (C=O) groups is 2. The summed E-state index contributed by atoms with van der Waals surface area (Å²) in [5.41, 5.74) is -0.594. The van der Waals surface area contributed by atoms with Gasteiger partial charge in [-0.3, -0.25) is 4.79 Å². The molecule has 0 fully saturated rings. The fraction of sp³-hybridized carbons (Fsp3) is 0.789. The Labute approximate surface area is 159 Å². The highest BCUT2D eigenvalue weighted by Crippen LogP contribution is 2.38. The molecule has 0 saturated heterocycles. The Balaban J connectivity index is 2.48. The van der Waals surface area contributed by atoms with Gasteiger partial charge in [-0.2, -0.15) is 0 Å². The van der Waals surface area contributed by atoms with E-state index in [0.29, 0.717) is 0 Å². The van der Waals surface area contributed by atoms with E-state index in [4.69, 9.17) is 9.16 Å². The summed E-state index contributed by atoms with van der Waals surface area (Å²) in [6.45, 7) is 18.1. The molecule has 3 atom stereocenters. The van der Waals surface area contributed by atoms with E-state index in [1.165, 1.54) is 0 Å². The molecule has 0 aromatic rings. The van der Waals surface area contributed by atoms with E-state index in [-0.39, 0.29) is 23.1 Å². The minimum absolute atomic E-state index is 0.0234. The number of rotatable bonds is 5. The Hall–Kier alpha value is -1.34. The van der Waals surface area contributed by atoms with Gasteiger partial charge in [-0.15, -0.1) is 0 Å². The minimum Gasteiger partial charge on any atom is -0.444 e. The van der Waals surface area contributed by atoms with Crippen LogP contribution in [0.4, 0.5) is 4.79 Å². The molecular formula is C19H36N2O4Si. The molecule has 0 radical (unpaired) electrons. The molecule has 2 N–H and O–H groups in total. The van der Waals surface area contributed by atoms with Gasteiger partial charge in [0.1, 0.15) is 11.6 Å². The van der Waals surface area contributed by atoms with Gasteiger partial charge in [-0.25, -0.2) is 4.79 Å². The molecule has 6 nitrogen and oxygen atoms in total. The number of ether oxygens (including phenoxy) is 1. The third-order valence-electron chi connectivity index (χ3n) is 4.75. The van der Waals surface area contributed by atoms with E-state index < -0.39 is 26.1 Å². The van der Waals surface area contributed by atoms with Crippen LogP contribution in [-0.4, -0.2) is 44.1 Å². The zero-order chi connectivity index (χ0) is 20.3. The third-order valence-corrected chi connectivity index (χ3v) is 9.26. The van der Waals surface area contributed by atoms with E-state index in [2.05, 4.69) is 44.5 Å². The van der Waals surface area contributed by atoms with Gasteiger partial charge in [-0.05, 0) is 52.2 Å². The van der Waals surface area contributed by atoms with Gasteiger partial charge in [0.2, 0.25) is 5.91 Å². The average Bonchev–Trinajstić information content (AvgIpc) is 2.81. The average molecular weight is 385 g/mol. The quantitative estimate of drug-likeness (QED) is 0.559. The van der Waals surface area contributed by atoms with Gasteiger partial charge >= 0.3 is 6.09 Å². The normalized spacial score (nSPS) is 22.0. The topological polar surface area (TPSA) is 76.7 Å². The van der Waals surface area contributed by atoms with Gasteiger partial charge in [0.05, 0.1) is 6.10 Å². The summed E-state index contributed by atoms with van der Waals surface area (Å²) < 4.78 is 11.5. The predicted molar refractivity (Wildman–Crippen MR) is 107 cm³/mol. The van der Waals surface area contributed by atoms with Crippen LogP contribution in [0.2, 0.25) is 18.1 Å². The smallest absolute Gasteiger partial charge is 0.408 e. The number of hydrogen-bond donors (Lipinski definition) is 2. The number of nitrogens with one attached hydrogen (secondary N) is 2. The molecule has 0 spiro atoms. The van der Waals surface area contributed by atoms with Gasteiger partial charge in [-0.1, -0.05) is 32.9 Å². The largest absolute Gasteiger partial charge is 0.444 e. The lowest BCUT2D eigenvalue weighted by molar-refractivity contribution is -0.123. The summed E-state index contributed by atoms with van der Waals surface area (Å²) in [5, 5.41) is 5.65. The number of amides is 2. The summed E-state index contributed by atoms with van der Waals surface area (Å²) in [7, 11) is -1.84. The SMILES string of the molecule is C[C@@H](NC(=O)OC(C)(C)C)C(=O)N[C@H]1C=C[C@@H](O[Si](C)(C)C(C)(C)C)C1. The van der Waals surface area contributed by atoms with Crippen molar-refractivity contribution in [2.24, 2.45) is 0 Å². The number of alkyl carbamates (subject to hydrolysis) is 1. The zero-order valence-corrected chi connectivity index (χ0v) is 18.7. The van der Waals surface area contributed by atoms with Gasteiger partial charge in [0.15, 0.2) is 8.32 Å². The lowest BCUT2D eigenvalue weighted by atomic mass is 10.2. The molecule has 0 aromatic carbocycles. The maximum absolute atomic E-state index is 12.3. The van der Waals surface area contributed by atoms with E-state index >= 15 is 0 Å². The first kappa shape index (κ1) is 22.7. The Morgan fingerprint density at radius 2 is 1.69 bits per heavy atom. The van der Waals surface area contributed by atoms with Crippen molar-refractivity contribution in [2.45, 2.75) is 96.8 Å². The van der Waals surface area contributed by atoms with Gasteiger partial charge in [0, 0.05) is 6.04 Å². The number of hydrogen-bond acceptors (Lipinski definition) is 4. The van der Waals surface area contributed by atoms with Crippen LogP contribution in [0, 0.1) is 0 Å². The minimum atomic E-state index is -1.84. The van der Waals surface area contributed by atoms with Crippen LogP contribution in [0.5, 0.6) is 0 Å². The molecule has 150 valence electrons. The van der Waals surface area contributed by atoms with Crippen molar-refractivity contribution in [3.63, 3.8) is 0 Å². The Kier molecular flexibility index (Phi) is 7.09. The van der Waals surface area contributed by atoms with E-state index in [1.807, 2.05) is 12.2 Å². The molecule has 0 unspecified atom stereocenters. The van der Waals surface area contributed by atoms with Crippen LogP contribution in [0.1, 0.15) is 54.9 Å². The fourth-order valence-electron chi connectivity index (χ4n) is 2.27. The van der Waals surface area contributed by atoms with Crippen molar-refractivity contribution >= 4 is 20.3 Å². The summed E-state index contributed by atoms with van der Waals surface area (Å²) in [6, 6.07) is -0.751. The molecule has 1 aliphatic rings. The van der Waals surface area contributed by atoms with Crippen LogP contribution in [0.15, 0.2) is 12.2 Å².